The zero-order chi connectivity index (χ0) is 21.0. The Bertz CT molecular complexity index is 990. The van der Waals surface area contributed by atoms with Crippen LogP contribution in [0.25, 0.3) is 0 Å². The third kappa shape index (κ3) is 3.71. The van der Waals surface area contributed by atoms with Crippen molar-refractivity contribution in [2.75, 3.05) is 0 Å². The van der Waals surface area contributed by atoms with Gasteiger partial charge in [-0.2, -0.15) is 0 Å². The Morgan fingerprint density at radius 3 is 1.52 bits per heavy atom. The Kier molecular flexibility index (Phi) is 5.03. The Labute approximate surface area is 181 Å². The van der Waals surface area contributed by atoms with Crippen molar-refractivity contribution >= 4 is 22.7 Å². The summed E-state index contributed by atoms with van der Waals surface area (Å²) in [5.74, 6) is 0.449. The van der Waals surface area contributed by atoms with E-state index in [1.54, 1.807) is 0 Å². The molecule has 0 saturated carbocycles. The van der Waals surface area contributed by atoms with Crippen LogP contribution in [0.2, 0.25) is 0 Å². The average molecular weight is 422 g/mol. The second-order valence-corrected chi connectivity index (χ2v) is 12.7. The molecule has 3 aromatic rings. The molecule has 1 nitrogen and oxygen atoms in total. The van der Waals surface area contributed by atoms with Gasteiger partial charge in [-0.05, 0) is 35.1 Å². The van der Waals surface area contributed by atoms with Crippen LogP contribution in [-0.4, -0.2) is 5.11 Å². The van der Waals surface area contributed by atoms with Crippen molar-refractivity contribution in [1.29, 1.82) is 0 Å². The topological polar surface area (TPSA) is 20.2 Å². The van der Waals surface area contributed by atoms with E-state index >= 15 is 0 Å². The summed E-state index contributed by atoms with van der Waals surface area (Å²) >= 11 is 1.86. The molecule has 3 heteroatoms. The molecule has 0 fully saturated rings. The first-order valence-corrected chi connectivity index (χ1v) is 12.1. The summed E-state index contributed by atoms with van der Waals surface area (Å²) in [7, 11) is -0.188. The zero-order valence-corrected chi connectivity index (χ0v) is 19.7. The monoisotopic (exact) mass is 421 g/mol. The summed E-state index contributed by atoms with van der Waals surface area (Å²) in [6.45, 7) is 13.1. The highest BCUT2D eigenvalue weighted by atomic mass is 32.2. The summed E-state index contributed by atoms with van der Waals surface area (Å²) in [4.78, 5) is 6.70. The fourth-order valence-corrected chi connectivity index (χ4v) is 7.57. The maximum atomic E-state index is 11.2. The number of aromatic hydroxyl groups is 1. The molecular formula is C26H29OS2+. The van der Waals surface area contributed by atoms with Gasteiger partial charge in [0.15, 0.2) is 14.7 Å². The number of hydrogen-bond acceptors (Lipinski definition) is 2. The van der Waals surface area contributed by atoms with Crippen molar-refractivity contribution in [1.82, 2.24) is 0 Å². The lowest BCUT2D eigenvalue weighted by Crippen LogP contribution is -2.20. The fourth-order valence-electron chi connectivity index (χ4n) is 3.77. The third-order valence-corrected chi connectivity index (χ3v) is 9.00. The average Bonchev–Trinajstić information content (AvgIpc) is 2.64. The van der Waals surface area contributed by atoms with Gasteiger partial charge in [0, 0.05) is 23.3 Å². The summed E-state index contributed by atoms with van der Waals surface area (Å²) in [5.41, 5.74) is 1.79. The van der Waals surface area contributed by atoms with Crippen LogP contribution in [0.15, 0.2) is 85.1 Å². The van der Waals surface area contributed by atoms with E-state index in [-0.39, 0.29) is 21.7 Å². The first-order valence-electron chi connectivity index (χ1n) is 10.1. The van der Waals surface area contributed by atoms with Gasteiger partial charge < -0.3 is 5.11 Å². The van der Waals surface area contributed by atoms with E-state index in [9.17, 15) is 5.11 Å². The van der Waals surface area contributed by atoms with Gasteiger partial charge in [-0.1, -0.05) is 77.6 Å². The van der Waals surface area contributed by atoms with Crippen LogP contribution in [-0.2, 0) is 21.7 Å². The second kappa shape index (κ2) is 7.14. The highest BCUT2D eigenvalue weighted by Gasteiger charge is 2.40. The molecule has 29 heavy (non-hydrogen) atoms. The Balaban J connectivity index is 2.03. The standard InChI is InChI=1S/C26H28OS2/c1-25(2,3)18-15-17(16-19(24(18)27)26(4,5)6)29-22-13-9-7-11-20(22)28-21-12-8-10-14-23(21)29/h7-16H,1-6H3/p+1. The zero-order valence-electron chi connectivity index (χ0n) is 18.0. The number of hydrogen-bond donors (Lipinski definition) is 1. The molecule has 0 radical (unpaired) electrons. The van der Waals surface area contributed by atoms with E-state index in [0.29, 0.717) is 5.75 Å². The fraction of sp³-hybridized carbons (Fsp3) is 0.308. The Morgan fingerprint density at radius 1 is 0.690 bits per heavy atom. The molecule has 150 valence electrons. The molecule has 0 unspecified atom stereocenters. The lowest BCUT2D eigenvalue weighted by molar-refractivity contribution is 0.422. The Hall–Kier alpha value is -1.84. The number of phenolic OH excluding ortho intramolecular Hbond substituents is 1. The summed E-state index contributed by atoms with van der Waals surface area (Å²) in [6, 6.07) is 22.0. The maximum absolute atomic E-state index is 11.2. The van der Waals surface area contributed by atoms with E-state index in [1.165, 1.54) is 24.5 Å². The van der Waals surface area contributed by atoms with Crippen molar-refractivity contribution < 1.29 is 5.11 Å². The van der Waals surface area contributed by atoms with Gasteiger partial charge in [0.2, 0.25) is 0 Å². The molecule has 0 amide bonds. The lowest BCUT2D eigenvalue weighted by atomic mass is 9.79. The van der Waals surface area contributed by atoms with Crippen molar-refractivity contribution in [3.05, 3.63) is 71.8 Å². The molecule has 0 atom stereocenters. The van der Waals surface area contributed by atoms with E-state index < -0.39 is 0 Å². The van der Waals surface area contributed by atoms with Crippen LogP contribution in [0.3, 0.4) is 0 Å². The van der Waals surface area contributed by atoms with Crippen molar-refractivity contribution in [3.63, 3.8) is 0 Å². The van der Waals surface area contributed by atoms with Crippen molar-refractivity contribution in [3.8, 4) is 5.75 Å². The number of benzene rings is 3. The SMILES string of the molecule is CC(C)(C)c1cc([S+]2c3ccccc3Sc3ccccc32)cc(C(C)(C)C)c1O. The van der Waals surface area contributed by atoms with Crippen LogP contribution in [0.4, 0.5) is 0 Å². The predicted molar refractivity (Wildman–Crippen MR) is 125 cm³/mol. The van der Waals surface area contributed by atoms with E-state index in [2.05, 4.69) is 102 Å². The highest BCUT2D eigenvalue weighted by Crippen LogP contribution is 2.50. The van der Waals surface area contributed by atoms with Crippen LogP contribution >= 0.6 is 11.8 Å². The lowest BCUT2D eigenvalue weighted by Gasteiger charge is -2.28. The van der Waals surface area contributed by atoms with Crippen LogP contribution < -0.4 is 0 Å². The minimum absolute atomic E-state index is 0.132. The number of fused-ring (bicyclic) bond motifs is 2. The summed E-state index contributed by atoms with van der Waals surface area (Å²) in [5, 5.41) is 11.2. The minimum atomic E-state index is -0.188. The smallest absolute Gasteiger partial charge is 0.180 e. The highest BCUT2D eigenvalue weighted by molar-refractivity contribution is 8.04. The van der Waals surface area contributed by atoms with Crippen molar-refractivity contribution in [2.24, 2.45) is 0 Å². The van der Waals surface area contributed by atoms with Gasteiger partial charge in [-0.25, -0.2) is 0 Å². The molecule has 0 aromatic heterocycles. The van der Waals surface area contributed by atoms with Gasteiger partial charge in [-0.3, -0.25) is 0 Å². The molecule has 1 aliphatic rings. The molecule has 4 rings (SSSR count). The van der Waals surface area contributed by atoms with E-state index in [4.69, 9.17) is 0 Å². The number of phenols is 1. The van der Waals surface area contributed by atoms with Crippen LogP contribution in [0, 0.1) is 0 Å². The molecule has 0 saturated heterocycles. The normalized spacial score (nSPS) is 14.4. The predicted octanol–water partition coefficient (Wildman–Crippen LogP) is 7.55. The molecule has 1 N–H and O–H groups in total. The van der Waals surface area contributed by atoms with Gasteiger partial charge in [-0.15, -0.1) is 0 Å². The second-order valence-electron chi connectivity index (χ2n) is 9.67. The third-order valence-electron chi connectivity index (χ3n) is 5.29. The van der Waals surface area contributed by atoms with Gasteiger partial charge in [0.05, 0.1) is 9.79 Å². The van der Waals surface area contributed by atoms with E-state index in [0.717, 1.165) is 11.1 Å². The molecule has 0 spiro atoms. The molecular weight excluding hydrogens is 392 g/mol. The Morgan fingerprint density at radius 2 is 1.10 bits per heavy atom. The summed E-state index contributed by atoms with van der Waals surface area (Å²) < 4.78 is 0. The van der Waals surface area contributed by atoms with Crippen LogP contribution in [0.1, 0.15) is 52.7 Å². The quantitative estimate of drug-likeness (QED) is 0.320. The van der Waals surface area contributed by atoms with Gasteiger partial charge >= 0.3 is 0 Å². The minimum Gasteiger partial charge on any atom is -0.507 e. The van der Waals surface area contributed by atoms with Gasteiger partial charge in [0.25, 0.3) is 0 Å². The van der Waals surface area contributed by atoms with E-state index in [1.807, 2.05) is 11.8 Å². The maximum Gasteiger partial charge on any atom is 0.180 e. The van der Waals surface area contributed by atoms with Gasteiger partial charge in [0.1, 0.15) is 16.6 Å². The first kappa shape index (κ1) is 20.4. The van der Waals surface area contributed by atoms with Crippen molar-refractivity contribution in [2.45, 2.75) is 76.8 Å². The molecule has 1 aliphatic heterocycles. The molecule has 0 bridgehead atoms. The summed E-state index contributed by atoms with van der Waals surface area (Å²) in [6.07, 6.45) is 0. The molecule has 0 aliphatic carbocycles. The molecule has 3 aromatic carbocycles. The molecule has 1 heterocycles. The largest absolute Gasteiger partial charge is 0.507 e. The first-order chi connectivity index (χ1) is 13.6. The number of rotatable bonds is 1. The van der Waals surface area contributed by atoms with Crippen LogP contribution in [0.5, 0.6) is 5.75 Å².